The van der Waals surface area contributed by atoms with Crippen molar-refractivity contribution in [3.05, 3.63) is 54.2 Å². The third kappa shape index (κ3) is 5.62. The largest absolute Gasteiger partial charge is 0.542 e. The second-order valence-corrected chi connectivity index (χ2v) is 3.95. The third-order valence-electron chi connectivity index (χ3n) is 2.43. The van der Waals surface area contributed by atoms with Crippen molar-refractivity contribution < 1.29 is 28.8 Å². The number of aromatic nitrogens is 1. The number of nitrogens with zero attached hydrogens (tertiary/aromatic N) is 1. The lowest BCUT2D eigenvalue weighted by molar-refractivity contribution is -0.386. The van der Waals surface area contributed by atoms with Crippen LogP contribution in [-0.2, 0) is 11.3 Å². The van der Waals surface area contributed by atoms with Gasteiger partial charge in [-0.15, -0.1) is 0 Å². The van der Waals surface area contributed by atoms with Gasteiger partial charge in [0.1, 0.15) is 5.97 Å². The lowest BCUT2D eigenvalue weighted by Crippen LogP contribution is -2.47. The summed E-state index contributed by atoms with van der Waals surface area (Å²) in [5.41, 5.74) is 7.27. The minimum atomic E-state index is -5.19. The van der Waals surface area contributed by atoms with E-state index in [-0.39, 0.29) is 0 Å². The second kappa shape index (κ2) is 7.39. The van der Waals surface area contributed by atoms with Crippen molar-refractivity contribution in [3.63, 3.8) is 0 Å². The number of carbonyl (C=O) groups excluding carboxylic acids is 1. The van der Waals surface area contributed by atoms with E-state index in [2.05, 4.69) is 35.0 Å². The summed E-state index contributed by atoms with van der Waals surface area (Å²) in [6.07, 6.45) is -3.38. The first kappa shape index (κ1) is 16.6. The first-order valence-electron chi connectivity index (χ1n) is 5.92. The van der Waals surface area contributed by atoms with Crippen molar-refractivity contribution in [3.8, 4) is 11.3 Å². The highest BCUT2D eigenvalue weighted by Crippen LogP contribution is 2.16. The lowest BCUT2D eigenvalue weighted by atomic mass is 10.1. The van der Waals surface area contributed by atoms with Crippen molar-refractivity contribution in [2.24, 2.45) is 0 Å². The van der Waals surface area contributed by atoms with E-state index in [1.165, 1.54) is 5.56 Å². The zero-order valence-electron chi connectivity index (χ0n) is 10.9. The Labute approximate surface area is 119 Å². The van der Waals surface area contributed by atoms with Crippen molar-refractivity contribution in [2.45, 2.75) is 12.7 Å². The predicted molar refractivity (Wildman–Crippen MR) is 67.3 cm³/mol. The van der Waals surface area contributed by atoms with Gasteiger partial charge in [-0.25, -0.2) is 0 Å². The van der Waals surface area contributed by atoms with Crippen molar-refractivity contribution >= 4 is 5.97 Å². The van der Waals surface area contributed by atoms with Crippen LogP contribution in [0.3, 0.4) is 0 Å². The van der Waals surface area contributed by atoms with Crippen molar-refractivity contribution in [2.75, 3.05) is 0 Å². The molecule has 0 fully saturated rings. The first-order valence-corrected chi connectivity index (χ1v) is 5.92. The average molecular weight is 298 g/mol. The number of rotatable bonds is 2. The van der Waals surface area contributed by atoms with E-state index < -0.39 is 12.1 Å². The molecule has 1 aromatic carbocycles. The Morgan fingerprint density at radius 1 is 1.14 bits per heavy atom. The number of hydrogen-bond acceptors (Lipinski definition) is 3. The minimum absolute atomic E-state index is 0.836. The molecule has 0 unspecified atom stereocenters. The molecule has 1 heterocycles. The molecule has 4 nitrogen and oxygen atoms in total. The number of carboxylic acid groups (broad SMARTS) is 1. The first-order chi connectivity index (χ1) is 9.84. The highest BCUT2D eigenvalue weighted by Gasteiger charge is 2.28. The number of aliphatic carboxylic acids is 1. The monoisotopic (exact) mass is 298 g/mol. The molecule has 0 aliphatic rings. The molecule has 3 N–H and O–H groups in total. The van der Waals surface area contributed by atoms with Gasteiger partial charge in [0.25, 0.3) is 0 Å². The maximum absolute atomic E-state index is 10.5. The Bertz CT molecular complexity index is 569. The van der Waals surface area contributed by atoms with E-state index in [1.807, 2.05) is 24.4 Å². The fourth-order valence-electron chi connectivity index (χ4n) is 1.38. The summed E-state index contributed by atoms with van der Waals surface area (Å²) in [4.78, 5) is 13.1. The molecule has 0 spiro atoms. The van der Waals surface area contributed by atoms with Crippen LogP contribution in [0.1, 0.15) is 5.56 Å². The van der Waals surface area contributed by atoms with Crippen LogP contribution in [0.4, 0.5) is 13.2 Å². The summed E-state index contributed by atoms with van der Waals surface area (Å²) in [6, 6.07) is 14.3. The quantitative estimate of drug-likeness (QED) is 0.890. The van der Waals surface area contributed by atoms with E-state index in [1.54, 1.807) is 0 Å². The minimum Gasteiger partial charge on any atom is -0.542 e. The number of hydrogen-bond donors (Lipinski definition) is 1. The van der Waals surface area contributed by atoms with Gasteiger partial charge in [0.05, 0.1) is 12.2 Å². The summed E-state index contributed by atoms with van der Waals surface area (Å²) >= 11 is 0. The summed E-state index contributed by atoms with van der Waals surface area (Å²) < 4.78 is 31.5. The van der Waals surface area contributed by atoms with Gasteiger partial charge in [-0.2, -0.15) is 13.2 Å². The SMILES string of the molecule is O=C([O-])C(F)(F)F.[NH3+]Cc1ccc(-c2ccccn2)cc1. The van der Waals surface area contributed by atoms with E-state index in [9.17, 15) is 13.2 Å². The van der Waals surface area contributed by atoms with E-state index in [4.69, 9.17) is 9.90 Å². The zero-order chi connectivity index (χ0) is 15.9. The lowest BCUT2D eigenvalue weighted by Gasteiger charge is -2.03. The van der Waals surface area contributed by atoms with Crippen LogP contribution < -0.4 is 10.8 Å². The number of carbonyl (C=O) groups is 1. The van der Waals surface area contributed by atoms with Crippen LogP contribution in [0.2, 0.25) is 0 Å². The fraction of sp³-hybridized carbons (Fsp3) is 0.143. The number of alkyl halides is 3. The highest BCUT2D eigenvalue weighted by molar-refractivity contribution is 5.70. The van der Waals surface area contributed by atoms with E-state index >= 15 is 0 Å². The summed E-state index contributed by atoms with van der Waals surface area (Å²) in [6.45, 7) is 0.836. The van der Waals surface area contributed by atoms with Gasteiger partial charge in [-0.3, -0.25) is 4.98 Å². The highest BCUT2D eigenvalue weighted by atomic mass is 19.4. The summed E-state index contributed by atoms with van der Waals surface area (Å²) in [5, 5.41) is 8.78. The van der Waals surface area contributed by atoms with Crippen molar-refractivity contribution in [1.82, 2.24) is 4.98 Å². The standard InChI is InChI=1S/C12H12N2.C2HF3O2/c13-9-10-4-6-11(7-5-10)12-3-1-2-8-14-12;3-2(4,5)1(6)7/h1-8H,9,13H2;(H,6,7). The van der Waals surface area contributed by atoms with E-state index in [0.29, 0.717) is 0 Å². The molecule has 0 saturated carbocycles. The third-order valence-corrected chi connectivity index (χ3v) is 2.43. The summed E-state index contributed by atoms with van der Waals surface area (Å²) in [5.74, 6) is -3.01. The molecule has 0 aliphatic heterocycles. The maximum atomic E-state index is 10.5. The van der Waals surface area contributed by atoms with Crippen LogP contribution in [0.15, 0.2) is 48.7 Å². The Morgan fingerprint density at radius 3 is 2.10 bits per heavy atom. The van der Waals surface area contributed by atoms with Gasteiger partial charge in [-0.1, -0.05) is 30.3 Å². The van der Waals surface area contributed by atoms with E-state index in [0.717, 1.165) is 17.8 Å². The second-order valence-electron chi connectivity index (χ2n) is 3.95. The molecule has 2 aromatic rings. The average Bonchev–Trinajstić information content (AvgIpc) is 2.48. The van der Waals surface area contributed by atoms with Gasteiger partial charge < -0.3 is 15.6 Å². The Hall–Kier alpha value is -2.41. The Morgan fingerprint density at radius 2 is 1.71 bits per heavy atom. The maximum Gasteiger partial charge on any atom is 0.430 e. The molecule has 112 valence electrons. The molecule has 0 bridgehead atoms. The normalized spacial score (nSPS) is 10.5. The number of pyridine rings is 1. The number of benzene rings is 1. The van der Waals surface area contributed by atoms with Gasteiger partial charge in [0.2, 0.25) is 0 Å². The fourth-order valence-corrected chi connectivity index (χ4v) is 1.38. The molecule has 2 rings (SSSR count). The Balaban J connectivity index is 0.000000270. The van der Waals surface area contributed by atoms with Crippen LogP contribution in [-0.4, -0.2) is 17.1 Å². The Kier molecular flexibility index (Phi) is 5.86. The molecule has 7 heteroatoms. The van der Waals surface area contributed by atoms with Gasteiger partial charge in [0.15, 0.2) is 0 Å². The number of quaternary nitrogens is 1. The molecule has 21 heavy (non-hydrogen) atoms. The molecular formula is C14H13F3N2O2. The molecule has 0 radical (unpaired) electrons. The molecule has 0 amide bonds. The summed E-state index contributed by atoms with van der Waals surface area (Å²) in [7, 11) is 0. The zero-order valence-corrected chi connectivity index (χ0v) is 10.9. The molecule has 1 aromatic heterocycles. The number of carboxylic acids is 1. The predicted octanol–water partition coefficient (Wildman–Crippen LogP) is 0.789. The van der Waals surface area contributed by atoms with Gasteiger partial charge in [-0.05, 0) is 12.1 Å². The van der Waals surface area contributed by atoms with Crippen LogP contribution >= 0.6 is 0 Å². The van der Waals surface area contributed by atoms with Crippen LogP contribution in [0.5, 0.6) is 0 Å². The van der Waals surface area contributed by atoms with Crippen LogP contribution in [0, 0.1) is 0 Å². The molecule has 0 saturated heterocycles. The molecule has 0 aliphatic carbocycles. The number of halogens is 3. The molecular weight excluding hydrogens is 285 g/mol. The molecule has 0 atom stereocenters. The van der Waals surface area contributed by atoms with Crippen LogP contribution in [0.25, 0.3) is 11.3 Å². The van der Waals surface area contributed by atoms with Gasteiger partial charge in [0, 0.05) is 17.3 Å². The topological polar surface area (TPSA) is 80.7 Å². The van der Waals surface area contributed by atoms with Crippen molar-refractivity contribution in [1.29, 1.82) is 0 Å². The smallest absolute Gasteiger partial charge is 0.430 e. The van der Waals surface area contributed by atoms with Gasteiger partial charge >= 0.3 is 6.18 Å².